The summed E-state index contributed by atoms with van der Waals surface area (Å²) in [4.78, 5) is 36.2. The summed E-state index contributed by atoms with van der Waals surface area (Å²) >= 11 is 0. The molecule has 25 heavy (non-hydrogen) atoms. The molecule has 6 heteroatoms. The van der Waals surface area contributed by atoms with Crippen LogP contribution in [0.3, 0.4) is 0 Å². The summed E-state index contributed by atoms with van der Waals surface area (Å²) in [6.45, 7) is 1.80. The van der Waals surface area contributed by atoms with Gasteiger partial charge in [0, 0.05) is 12.1 Å². The minimum Gasteiger partial charge on any atom is -0.465 e. The second kappa shape index (κ2) is 6.76. The van der Waals surface area contributed by atoms with Crippen LogP contribution in [-0.2, 0) is 20.7 Å². The molecule has 1 amide bonds. The van der Waals surface area contributed by atoms with E-state index in [2.05, 4.69) is 10.1 Å². The molecule has 0 saturated carbocycles. The van der Waals surface area contributed by atoms with Crippen LogP contribution in [0.1, 0.15) is 31.8 Å². The van der Waals surface area contributed by atoms with Gasteiger partial charge in [0.15, 0.2) is 6.10 Å². The van der Waals surface area contributed by atoms with Crippen LogP contribution in [-0.4, -0.2) is 31.1 Å². The molecule has 0 aromatic heterocycles. The fourth-order valence-corrected chi connectivity index (χ4v) is 2.69. The van der Waals surface area contributed by atoms with E-state index in [-0.39, 0.29) is 0 Å². The van der Waals surface area contributed by atoms with Crippen molar-refractivity contribution in [1.82, 2.24) is 0 Å². The van der Waals surface area contributed by atoms with E-state index in [0.29, 0.717) is 23.2 Å². The number of ether oxygens (including phenoxy) is 2. The highest BCUT2D eigenvalue weighted by Crippen LogP contribution is 2.23. The van der Waals surface area contributed by atoms with Crippen molar-refractivity contribution in [1.29, 1.82) is 0 Å². The number of cyclic esters (lactones) is 1. The Morgan fingerprint density at radius 3 is 2.72 bits per heavy atom. The topological polar surface area (TPSA) is 81.7 Å². The molecule has 0 bridgehead atoms. The zero-order valence-electron chi connectivity index (χ0n) is 13.9. The summed E-state index contributed by atoms with van der Waals surface area (Å²) in [5, 5.41) is 2.73. The predicted octanol–water partition coefficient (Wildman–Crippen LogP) is 2.50. The fourth-order valence-electron chi connectivity index (χ4n) is 2.69. The molecule has 6 nitrogen and oxygen atoms in total. The Labute approximate surface area is 144 Å². The van der Waals surface area contributed by atoms with Gasteiger partial charge in [0.1, 0.15) is 0 Å². The number of anilines is 1. The molecule has 2 aromatic rings. The Morgan fingerprint density at radius 1 is 1.20 bits per heavy atom. The maximum atomic E-state index is 12.5. The van der Waals surface area contributed by atoms with Crippen LogP contribution >= 0.6 is 0 Å². The van der Waals surface area contributed by atoms with Gasteiger partial charge in [-0.25, -0.2) is 9.59 Å². The number of fused-ring (bicyclic) bond motifs is 1. The standard InChI is InChI=1S/C19H17NO5/c1-11-7-8-13(18(22)24-2)9-15(11)20-17(21)16-10-12-5-3-4-6-14(12)19(23)25-16/h3-9,16H,10H2,1-2H3,(H,20,21)/t16-/m1/s1. The predicted molar refractivity (Wildman–Crippen MR) is 90.5 cm³/mol. The number of carbonyl (C=O) groups is 3. The third-order valence-corrected chi connectivity index (χ3v) is 4.10. The second-order valence-corrected chi connectivity index (χ2v) is 5.77. The number of methoxy groups -OCH3 is 1. The van der Waals surface area contributed by atoms with Gasteiger partial charge in [-0.2, -0.15) is 0 Å². The molecular formula is C19H17NO5. The normalized spacial score (nSPS) is 15.8. The van der Waals surface area contributed by atoms with Crippen LogP contribution in [0, 0.1) is 6.92 Å². The van der Waals surface area contributed by atoms with Crippen molar-refractivity contribution < 1.29 is 23.9 Å². The zero-order chi connectivity index (χ0) is 18.0. The molecule has 0 spiro atoms. The molecule has 1 N–H and O–H groups in total. The number of amides is 1. The van der Waals surface area contributed by atoms with Gasteiger partial charge in [-0.3, -0.25) is 4.79 Å². The number of aryl methyl sites for hydroxylation is 1. The van der Waals surface area contributed by atoms with Crippen molar-refractivity contribution in [2.24, 2.45) is 0 Å². The molecular weight excluding hydrogens is 322 g/mol. The first-order chi connectivity index (χ1) is 12.0. The third-order valence-electron chi connectivity index (χ3n) is 4.10. The van der Waals surface area contributed by atoms with Gasteiger partial charge in [-0.15, -0.1) is 0 Å². The van der Waals surface area contributed by atoms with E-state index in [9.17, 15) is 14.4 Å². The Hall–Kier alpha value is -3.15. The molecule has 2 aromatic carbocycles. The smallest absolute Gasteiger partial charge is 0.339 e. The van der Waals surface area contributed by atoms with Gasteiger partial charge in [-0.1, -0.05) is 24.3 Å². The Bertz CT molecular complexity index is 859. The van der Waals surface area contributed by atoms with Gasteiger partial charge in [-0.05, 0) is 36.2 Å². The van der Waals surface area contributed by atoms with E-state index in [0.717, 1.165) is 11.1 Å². The molecule has 128 valence electrons. The SMILES string of the molecule is COC(=O)c1ccc(C)c(NC(=O)[C@H]2Cc3ccccc3C(=O)O2)c1. The maximum Gasteiger partial charge on any atom is 0.339 e. The first-order valence-electron chi connectivity index (χ1n) is 7.78. The molecule has 1 atom stereocenters. The molecule has 1 heterocycles. The Kier molecular flexibility index (Phi) is 4.52. The highest BCUT2D eigenvalue weighted by Gasteiger charge is 2.31. The number of esters is 2. The summed E-state index contributed by atoms with van der Waals surface area (Å²) < 4.78 is 9.93. The summed E-state index contributed by atoms with van der Waals surface area (Å²) in [6, 6.07) is 11.9. The lowest BCUT2D eigenvalue weighted by Crippen LogP contribution is -2.38. The Morgan fingerprint density at radius 2 is 1.96 bits per heavy atom. The van der Waals surface area contributed by atoms with Gasteiger partial charge >= 0.3 is 11.9 Å². The molecule has 0 radical (unpaired) electrons. The zero-order valence-corrected chi connectivity index (χ0v) is 13.9. The van der Waals surface area contributed by atoms with Crippen LogP contribution in [0.4, 0.5) is 5.69 Å². The fraction of sp³-hybridized carbons (Fsp3) is 0.211. The van der Waals surface area contributed by atoms with Gasteiger partial charge in [0.25, 0.3) is 5.91 Å². The number of rotatable bonds is 3. The van der Waals surface area contributed by atoms with Crippen LogP contribution in [0.5, 0.6) is 0 Å². The van der Waals surface area contributed by atoms with Crippen LogP contribution < -0.4 is 5.32 Å². The van der Waals surface area contributed by atoms with Crippen molar-refractivity contribution in [3.8, 4) is 0 Å². The molecule has 0 aliphatic carbocycles. The molecule has 1 aliphatic heterocycles. The lowest BCUT2D eigenvalue weighted by Gasteiger charge is -2.24. The summed E-state index contributed by atoms with van der Waals surface area (Å²) in [5.74, 6) is -1.44. The van der Waals surface area contributed by atoms with Crippen LogP contribution in [0.2, 0.25) is 0 Å². The van der Waals surface area contributed by atoms with E-state index in [1.807, 2.05) is 6.07 Å². The van der Waals surface area contributed by atoms with Crippen molar-refractivity contribution >= 4 is 23.5 Å². The summed E-state index contributed by atoms with van der Waals surface area (Å²) in [5.41, 5.74) is 2.84. The van der Waals surface area contributed by atoms with E-state index in [4.69, 9.17) is 4.74 Å². The van der Waals surface area contributed by atoms with Gasteiger partial charge < -0.3 is 14.8 Å². The number of hydrogen-bond acceptors (Lipinski definition) is 5. The lowest BCUT2D eigenvalue weighted by atomic mass is 9.98. The van der Waals surface area contributed by atoms with Crippen molar-refractivity contribution in [2.45, 2.75) is 19.4 Å². The highest BCUT2D eigenvalue weighted by molar-refractivity contribution is 6.01. The summed E-state index contributed by atoms with van der Waals surface area (Å²) in [6.07, 6.45) is -0.604. The first kappa shape index (κ1) is 16.7. The monoisotopic (exact) mass is 339 g/mol. The van der Waals surface area contributed by atoms with Crippen LogP contribution in [0.25, 0.3) is 0 Å². The maximum absolute atomic E-state index is 12.5. The van der Waals surface area contributed by atoms with Crippen molar-refractivity contribution in [3.63, 3.8) is 0 Å². The molecule has 0 unspecified atom stereocenters. The van der Waals surface area contributed by atoms with Gasteiger partial charge in [0.05, 0.1) is 18.2 Å². The van der Waals surface area contributed by atoms with E-state index in [1.54, 1.807) is 37.3 Å². The Balaban J connectivity index is 1.79. The number of benzene rings is 2. The molecule has 1 aliphatic rings. The molecule has 0 fully saturated rings. The van der Waals surface area contributed by atoms with E-state index >= 15 is 0 Å². The highest BCUT2D eigenvalue weighted by atomic mass is 16.5. The van der Waals surface area contributed by atoms with E-state index in [1.165, 1.54) is 13.2 Å². The minimum atomic E-state index is -0.913. The second-order valence-electron chi connectivity index (χ2n) is 5.77. The van der Waals surface area contributed by atoms with Crippen LogP contribution in [0.15, 0.2) is 42.5 Å². The number of hydrogen-bond donors (Lipinski definition) is 1. The average molecular weight is 339 g/mol. The van der Waals surface area contributed by atoms with Crippen molar-refractivity contribution in [2.75, 3.05) is 12.4 Å². The van der Waals surface area contributed by atoms with E-state index < -0.39 is 23.9 Å². The number of carbonyl (C=O) groups excluding carboxylic acids is 3. The number of nitrogens with one attached hydrogen (secondary N) is 1. The quantitative estimate of drug-likeness (QED) is 0.869. The minimum absolute atomic E-state index is 0.309. The third kappa shape index (κ3) is 3.38. The summed E-state index contributed by atoms with van der Waals surface area (Å²) in [7, 11) is 1.29. The first-order valence-corrected chi connectivity index (χ1v) is 7.78. The lowest BCUT2D eigenvalue weighted by molar-refractivity contribution is -0.125. The van der Waals surface area contributed by atoms with Gasteiger partial charge in [0.2, 0.25) is 0 Å². The largest absolute Gasteiger partial charge is 0.465 e. The molecule has 0 saturated heterocycles. The molecule has 3 rings (SSSR count). The average Bonchev–Trinajstić information content (AvgIpc) is 2.62. The van der Waals surface area contributed by atoms with Crippen molar-refractivity contribution in [3.05, 3.63) is 64.7 Å².